The molecule has 0 amide bonds. The lowest BCUT2D eigenvalue weighted by atomic mass is 10.2. The van der Waals surface area contributed by atoms with Crippen LogP contribution in [0.4, 0.5) is 8.78 Å². The first-order chi connectivity index (χ1) is 14.6. The first kappa shape index (κ1) is 24.8. The van der Waals surface area contributed by atoms with Gasteiger partial charge in [-0.25, -0.2) is 13.2 Å². The minimum absolute atomic E-state index is 0.0294. The van der Waals surface area contributed by atoms with Crippen molar-refractivity contribution in [3.63, 3.8) is 0 Å². The monoisotopic (exact) mass is 477 g/mol. The van der Waals surface area contributed by atoms with Crippen molar-refractivity contribution in [1.29, 1.82) is 0 Å². The lowest BCUT2D eigenvalue weighted by molar-refractivity contribution is -0.0512. The van der Waals surface area contributed by atoms with E-state index in [-0.39, 0.29) is 46.7 Å². The maximum Gasteiger partial charge on any atom is 0.387 e. The normalized spacial score (nSPS) is 11.6. The summed E-state index contributed by atoms with van der Waals surface area (Å²) in [5, 5.41) is 0.0294. The van der Waals surface area contributed by atoms with Crippen molar-refractivity contribution in [2.45, 2.75) is 32.0 Å². The van der Waals surface area contributed by atoms with Crippen LogP contribution in [0.15, 0.2) is 41.3 Å². The van der Waals surface area contributed by atoms with Crippen molar-refractivity contribution in [2.24, 2.45) is 0 Å². The fourth-order valence-corrected chi connectivity index (χ4v) is 4.44. The number of hydrogen-bond donors (Lipinski definition) is 0. The summed E-state index contributed by atoms with van der Waals surface area (Å²) >= 11 is 6.07. The third kappa shape index (κ3) is 6.05. The number of ether oxygens (including phenoxy) is 3. The van der Waals surface area contributed by atoms with Crippen LogP contribution in [0.5, 0.6) is 11.5 Å². The Bertz CT molecular complexity index is 1030. The quantitative estimate of drug-likeness (QED) is 0.473. The fraction of sp³-hybridized carbons (Fsp3) is 0.350. The predicted octanol–water partition coefficient (Wildman–Crippen LogP) is 4.34. The second-order valence-electron chi connectivity index (χ2n) is 6.17. The summed E-state index contributed by atoms with van der Waals surface area (Å²) in [4.78, 5) is 12.4. The number of rotatable bonds is 10. The van der Waals surface area contributed by atoms with Gasteiger partial charge in [0.05, 0.1) is 22.6 Å². The molecule has 7 nitrogen and oxygen atoms in total. The Labute approximate surface area is 184 Å². The van der Waals surface area contributed by atoms with Crippen LogP contribution in [-0.4, -0.2) is 45.5 Å². The summed E-state index contributed by atoms with van der Waals surface area (Å²) < 4.78 is 66.0. The summed E-state index contributed by atoms with van der Waals surface area (Å²) in [5.74, 6) is -0.961. The van der Waals surface area contributed by atoms with E-state index < -0.39 is 22.6 Å². The van der Waals surface area contributed by atoms with Gasteiger partial charge in [-0.15, -0.1) is 0 Å². The number of esters is 1. The molecule has 0 N–H and O–H groups in total. The molecule has 11 heteroatoms. The first-order valence-electron chi connectivity index (χ1n) is 9.22. The van der Waals surface area contributed by atoms with Crippen LogP contribution in [0.1, 0.15) is 29.8 Å². The number of sulfonamides is 1. The van der Waals surface area contributed by atoms with Gasteiger partial charge in [-0.05, 0) is 35.9 Å². The van der Waals surface area contributed by atoms with E-state index in [1.54, 1.807) is 13.8 Å². The zero-order chi connectivity index (χ0) is 23.2. The van der Waals surface area contributed by atoms with E-state index >= 15 is 0 Å². The molecule has 170 valence electrons. The van der Waals surface area contributed by atoms with Gasteiger partial charge in [0.25, 0.3) is 0 Å². The third-order valence-electron chi connectivity index (χ3n) is 4.31. The predicted molar refractivity (Wildman–Crippen MR) is 110 cm³/mol. The highest BCUT2D eigenvalue weighted by Gasteiger charge is 2.24. The molecule has 0 heterocycles. The molecule has 0 atom stereocenters. The Hall–Kier alpha value is -2.43. The Morgan fingerprint density at radius 1 is 1.10 bits per heavy atom. The average molecular weight is 478 g/mol. The van der Waals surface area contributed by atoms with Gasteiger partial charge < -0.3 is 14.2 Å². The lowest BCUT2D eigenvalue weighted by Gasteiger charge is -2.19. The van der Waals surface area contributed by atoms with Crippen LogP contribution in [0.25, 0.3) is 0 Å². The summed E-state index contributed by atoms with van der Waals surface area (Å²) in [6, 6.07) is 7.87. The Morgan fingerprint density at radius 2 is 1.77 bits per heavy atom. The van der Waals surface area contributed by atoms with Crippen molar-refractivity contribution < 1.29 is 36.2 Å². The minimum atomic E-state index is -3.79. The maximum atomic E-state index is 12.7. The van der Waals surface area contributed by atoms with Gasteiger partial charge in [0.1, 0.15) is 6.61 Å². The molecule has 0 spiro atoms. The second kappa shape index (κ2) is 10.7. The van der Waals surface area contributed by atoms with Crippen molar-refractivity contribution in [2.75, 3.05) is 20.2 Å². The summed E-state index contributed by atoms with van der Waals surface area (Å²) in [7, 11) is -2.51. The van der Waals surface area contributed by atoms with Gasteiger partial charge in [-0.1, -0.05) is 31.5 Å². The van der Waals surface area contributed by atoms with E-state index in [0.717, 1.165) is 0 Å². The molecular weight excluding hydrogens is 456 g/mol. The molecule has 0 aliphatic heterocycles. The highest BCUT2D eigenvalue weighted by molar-refractivity contribution is 7.89. The molecule has 0 aliphatic carbocycles. The Morgan fingerprint density at radius 3 is 2.35 bits per heavy atom. The zero-order valence-electron chi connectivity index (χ0n) is 17.1. The van der Waals surface area contributed by atoms with E-state index in [1.165, 1.54) is 47.8 Å². The molecule has 0 saturated carbocycles. The number of nitrogens with zero attached hydrogens (tertiary/aromatic N) is 1. The maximum absolute atomic E-state index is 12.7. The van der Waals surface area contributed by atoms with Gasteiger partial charge in [0.15, 0.2) is 11.5 Å². The molecule has 0 saturated heterocycles. The molecular formula is C20H22ClF2NO6S. The van der Waals surface area contributed by atoms with Gasteiger partial charge in [-0.3, -0.25) is 0 Å². The van der Waals surface area contributed by atoms with Gasteiger partial charge in [-0.2, -0.15) is 13.1 Å². The van der Waals surface area contributed by atoms with Crippen LogP contribution in [-0.2, 0) is 21.4 Å². The molecule has 2 rings (SSSR count). The van der Waals surface area contributed by atoms with Crippen molar-refractivity contribution in [3.8, 4) is 11.5 Å². The molecule has 0 aliphatic rings. The van der Waals surface area contributed by atoms with Crippen LogP contribution >= 0.6 is 11.6 Å². The van der Waals surface area contributed by atoms with E-state index in [2.05, 4.69) is 4.74 Å². The average Bonchev–Trinajstić information content (AvgIpc) is 2.73. The first-order valence-corrected chi connectivity index (χ1v) is 11.0. The van der Waals surface area contributed by atoms with Crippen LogP contribution < -0.4 is 9.47 Å². The van der Waals surface area contributed by atoms with Crippen molar-refractivity contribution >= 4 is 27.6 Å². The van der Waals surface area contributed by atoms with Crippen molar-refractivity contribution in [3.05, 3.63) is 52.5 Å². The highest BCUT2D eigenvalue weighted by Crippen LogP contribution is 2.30. The lowest BCUT2D eigenvalue weighted by Crippen LogP contribution is -2.30. The second-order valence-corrected chi connectivity index (χ2v) is 8.52. The topological polar surface area (TPSA) is 82.1 Å². The number of alkyl halides is 2. The SMILES string of the molecule is CCN(CC)S(=O)(=O)c1ccc(Cl)c(C(=O)OCc2ccc(OC(F)F)c(OC)c2)c1. The number of hydrogen-bond acceptors (Lipinski definition) is 6. The number of methoxy groups -OCH3 is 1. The van der Waals surface area contributed by atoms with Gasteiger partial charge in [0, 0.05) is 13.1 Å². The van der Waals surface area contributed by atoms with E-state index in [4.69, 9.17) is 21.1 Å². The summed E-state index contributed by atoms with van der Waals surface area (Å²) in [5.41, 5.74) is 0.328. The fourth-order valence-electron chi connectivity index (χ4n) is 2.76. The molecule has 2 aromatic rings. The Balaban J connectivity index is 2.21. The number of carbonyl (C=O) groups excluding carboxylic acids is 1. The van der Waals surface area contributed by atoms with E-state index in [0.29, 0.717) is 5.56 Å². The smallest absolute Gasteiger partial charge is 0.387 e. The molecule has 0 fully saturated rings. The van der Waals surface area contributed by atoms with E-state index in [9.17, 15) is 22.0 Å². The minimum Gasteiger partial charge on any atom is -0.493 e. The van der Waals surface area contributed by atoms with Crippen LogP contribution in [0.2, 0.25) is 5.02 Å². The number of carbonyl (C=O) groups is 1. The molecule has 2 aromatic carbocycles. The van der Waals surface area contributed by atoms with Crippen molar-refractivity contribution in [1.82, 2.24) is 4.31 Å². The standard InChI is InChI=1S/C20H22ClF2NO6S/c1-4-24(5-2)31(26,27)14-7-8-16(21)15(11-14)19(25)29-12-13-6-9-17(30-20(22)23)18(10-13)28-3/h6-11,20H,4-5,12H2,1-3H3. The molecule has 0 unspecified atom stereocenters. The number of halogens is 3. The molecule has 0 aromatic heterocycles. The van der Waals surface area contributed by atoms with Gasteiger partial charge in [0.2, 0.25) is 10.0 Å². The largest absolute Gasteiger partial charge is 0.493 e. The van der Waals surface area contributed by atoms with Gasteiger partial charge >= 0.3 is 12.6 Å². The third-order valence-corrected chi connectivity index (χ3v) is 6.69. The number of benzene rings is 2. The van der Waals surface area contributed by atoms with Crippen LogP contribution in [0.3, 0.4) is 0 Å². The molecule has 0 bridgehead atoms. The molecule has 31 heavy (non-hydrogen) atoms. The van der Waals surface area contributed by atoms with E-state index in [1.807, 2.05) is 0 Å². The summed E-state index contributed by atoms with van der Waals surface area (Å²) in [6.45, 7) is 0.714. The van der Waals surface area contributed by atoms with Crippen LogP contribution in [0, 0.1) is 0 Å². The zero-order valence-corrected chi connectivity index (χ0v) is 18.7. The highest BCUT2D eigenvalue weighted by atomic mass is 35.5. The molecule has 0 radical (unpaired) electrons. The Kier molecular flexibility index (Phi) is 8.60. The summed E-state index contributed by atoms with van der Waals surface area (Å²) in [6.07, 6.45) is 0.